The van der Waals surface area contributed by atoms with Gasteiger partial charge in [0, 0.05) is 11.3 Å². The van der Waals surface area contributed by atoms with Crippen molar-refractivity contribution in [3.8, 4) is 28.3 Å². The standard InChI is InChI=1S/C19H21N3O/c1-3-13(2)23-17-9-7-14(8-10-17)18-12-19(22-21-18)15-5-4-6-16(20)11-15/h4-13H,3,20H2,1-2H3,(H,21,22). The summed E-state index contributed by atoms with van der Waals surface area (Å²) in [5.74, 6) is 0.888. The van der Waals surface area contributed by atoms with Crippen LogP contribution in [0.15, 0.2) is 54.6 Å². The summed E-state index contributed by atoms with van der Waals surface area (Å²) in [7, 11) is 0. The Balaban J connectivity index is 1.80. The SMILES string of the molecule is CCC(C)Oc1ccc(-c2cc(-c3cccc(N)c3)n[nH]2)cc1. The number of ether oxygens (including phenoxy) is 1. The Morgan fingerprint density at radius 3 is 2.57 bits per heavy atom. The van der Waals surface area contributed by atoms with Crippen LogP contribution < -0.4 is 10.5 Å². The highest BCUT2D eigenvalue weighted by atomic mass is 16.5. The maximum Gasteiger partial charge on any atom is 0.119 e. The Hall–Kier alpha value is -2.75. The van der Waals surface area contributed by atoms with Gasteiger partial charge >= 0.3 is 0 Å². The van der Waals surface area contributed by atoms with E-state index in [1.165, 1.54) is 0 Å². The van der Waals surface area contributed by atoms with Gasteiger partial charge in [-0.25, -0.2) is 0 Å². The number of nitrogens with zero attached hydrogens (tertiary/aromatic N) is 1. The Morgan fingerprint density at radius 1 is 1.09 bits per heavy atom. The Labute approximate surface area is 136 Å². The molecule has 0 fully saturated rings. The lowest BCUT2D eigenvalue weighted by molar-refractivity contribution is 0.217. The van der Waals surface area contributed by atoms with Crippen LogP contribution in [0.3, 0.4) is 0 Å². The first-order valence-corrected chi connectivity index (χ1v) is 7.84. The number of aromatic nitrogens is 2. The molecule has 0 saturated carbocycles. The van der Waals surface area contributed by atoms with E-state index in [2.05, 4.69) is 24.0 Å². The van der Waals surface area contributed by atoms with Crippen molar-refractivity contribution in [2.75, 3.05) is 5.73 Å². The number of nitrogens with two attached hydrogens (primary N) is 1. The summed E-state index contributed by atoms with van der Waals surface area (Å²) in [6.45, 7) is 4.18. The topological polar surface area (TPSA) is 63.9 Å². The molecule has 0 aliphatic heterocycles. The largest absolute Gasteiger partial charge is 0.491 e. The number of rotatable bonds is 5. The van der Waals surface area contributed by atoms with Crippen molar-refractivity contribution in [1.29, 1.82) is 0 Å². The molecule has 1 unspecified atom stereocenters. The molecule has 3 aromatic rings. The molecule has 1 aromatic heterocycles. The van der Waals surface area contributed by atoms with Crippen molar-refractivity contribution in [2.24, 2.45) is 0 Å². The van der Waals surface area contributed by atoms with Crippen LogP contribution in [-0.2, 0) is 0 Å². The van der Waals surface area contributed by atoms with Crippen molar-refractivity contribution in [2.45, 2.75) is 26.4 Å². The van der Waals surface area contributed by atoms with E-state index in [9.17, 15) is 0 Å². The van der Waals surface area contributed by atoms with E-state index in [1.54, 1.807) is 0 Å². The van der Waals surface area contributed by atoms with Gasteiger partial charge in [0.05, 0.1) is 17.5 Å². The maximum atomic E-state index is 5.83. The van der Waals surface area contributed by atoms with Gasteiger partial charge < -0.3 is 10.5 Å². The van der Waals surface area contributed by atoms with Gasteiger partial charge in [-0.3, -0.25) is 5.10 Å². The fraction of sp³-hybridized carbons (Fsp3) is 0.211. The molecule has 1 atom stereocenters. The fourth-order valence-electron chi connectivity index (χ4n) is 2.34. The molecule has 0 bridgehead atoms. The fourth-order valence-corrected chi connectivity index (χ4v) is 2.34. The molecule has 118 valence electrons. The van der Waals surface area contributed by atoms with Crippen LogP contribution in [0.1, 0.15) is 20.3 Å². The van der Waals surface area contributed by atoms with Gasteiger partial charge in [0.15, 0.2) is 0 Å². The molecule has 2 aromatic carbocycles. The second-order valence-electron chi connectivity index (χ2n) is 5.65. The highest BCUT2D eigenvalue weighted by Crippen LogP contribution is 2.26. The quantitative estimate of drug-likeness (QED) is 0.682. The van der Waals surface area contributed by atoms with Crippen molar-refractivity contribution in [1.82, 2.24) is 10.2 Å². The number of aromatic amines is 1. The molecule has 0 aliphatic carbocycles. The van der Waals surface area contributed by atoms with Gasteiger partial charge in [-0.2, -0.15) is 5.10 Å². The van der Waals surface area contributed by atoms with Crippen molar-refractivity contribution < 1.29 is 4.74 Å². The van der Waals surface area contributed by atoms with E-state index < -0.39 is 0 Å². The number of anilines is 1. The van der Waals surface area contributed by atoms with Gasteiger partial charge in [-0.05, 0) is 61.4 Å². The number of nitrogen functional groups attached to an aromatic ring is 1. The van der Waals surface area contributed by atoms with Crippen molar-refractivity contribution in [3.05, 3.63) is 54.6 Å². The predicted molar refractivity (Wildman–Crippen MR) is 94.3 cm³/mol. The first-order valence-electron chi connectivity index (χ1n) is 7.84. The first kappa shape index (κ1) is 15.2. The number of hydrogen-bond acceptors (Lipinski definition) is 3. The highest BCUT2D eigenvalue weighted by Gasteiger charge is 2.07. The minimum absolute atomic E-state index is 0.225. The van der Waals surface area contributed by atoms with Crippen LogP contribution in [0.2, 0.25) is 0 Å². The lowest BCUT2D eigenvalue weighted by Crippen LogP contribution is -2.09. The summed E-state index contributed by atoms with van der Waals surface area (Å²) in [6.07, 6.45) is 1.22. The molecule has 3 rings (SSSR count). The van der Waals surface area contributed by atoms with Gasteiger partial charge in [0.1, 0.15) is 5.75 Å². The molecule has 0 radical (unpaired) electrons. The van der Waals surface area contributed by atoms with E-state index in [-0.39, 0.29) is 6.10 Å². The van der Waals surface area contributed by atoms with Gasteiger partial charge in [0.2, 0.25) is 0 Å². The third-order valence-electron chi connectivity index (χ3n) is 3.84. The zero-order valence-electron chi connectivity index (χ0n) is 13.4. The molecule has 4 nitrogen and oxygen atoms in total. The van der Waals surface area contributed by atoms with Crippen LogP contribution in [0.5, 0.6) is 5.75 Å². The smallest absolute Gasteiger partial charge is 0.119 e. The minimum atomic E-state index is 0.225. The monoisotopic (exact) mass is 307 g/mol. The van der Waals surface area contributed by atoms with E-state index in [0.717, 1.165) is 40.4 Å². The third-order valence-corrected chi connectivity index (χ3v) is 3.84. The number of hydrogen-bond donors (Lipinski definition) is 2. The summed E-state index contributed by atoms with van der Waals surface area (Å²) >= 11 is 0. The zero-order chi connectivity index (χ0) is 16.2. The van der Waals surface area contributed by atoms with Crippen LogP contribution in [0.25, 0.3) is 22.5 Å². The zero-order valence-corrected chi connectivity index (χ0v) is 13.4. The molecule has 23 heavy (non-hydrogen) atoms. The normalized spacial score (nSPS) is 12.1. The minimum Gasteiger partial charge on any atom is -0.491 e. The second kappa shape index (κ2) is 6.57. The summed E-state index contributed by atoms with van der Waals surface area (Å²) in [5, 5.41) is 7.46. The average molecular weight is 307 g/mol. The Morgan fingerprint density at radius 2 is 1.87 bits per heavy atom. The summed E-state index contributed by atoms with van der Waals surface area (Å²) in [5.41, 5.74) is 10.5. The van der Waals surface area contributed by atoms with E-state index in [4.69, 9.17) is 10.5 Å². The Kier molecular flexibility index (Phi) is 4.33. The van der Waals surface area contributed by atoms with Crippen molar-refractivity contribution in [3.63, 3.8) is 0 Å². The molecule has 0 amide bonds. The van der Waals surface area contributed by atoms with Crippen LogP contribution >= 0.6 is 0 Å². The molecule has 0 spiro atoms. The average Bonchev–Trinajstić information content (AvgIpc) is 3.05. The summed E-state index contributed by atoms with van der Waals surface area (Å²) in [6, 6.07) is 17.8. The first-order chi connectivity index (χ1) is 11.2. The summed E-state index contributed by atoms with van der Waals surface area (Å²) < 4.78 is 5.80. The third kappa shape index (κ3) is 3.54. The lowest BCUT2D eigenvalue weighted by Gasteiger charge is -2.12. The Bertz CT molecular complexity index is 777. The van der Waals surface area contributed by atoms with E-state index in [1.807, 2.05) is 54.6 Å². The number of benzene rings is 2. The molecular formula is C19H21N3O. The molecule has 3 N–H and O–H groups in total. The number of H-pyrrole nitrogens is 1. The maximum absolute atomic E-state index is 5.83. The van der Waals surface area contributed by atoms with Gasteiger partial charge in [-0.15, -0.1) is 0 Å². The van der Waals surface area contributed by atoms with E-state index >= 15 is 0 Å². The van der Waals surface area contributed by atoms with Crippen LogP contribution in [0, 0.1) is 0 Å². The lowest BCUT2D eigenvalue weighted by atomic mass is 10.1. The van der Waals surface area contributed by atoms with Gasteiger partial charge in [0.25, 0.3) is 0 Å². The van der Waals surface area contributed by atoms with E-state index in [0.29, 0.717) is 0 Å². The molecule has 0 saturated heterocycles. The van der Waals surface area contributed by atoms with Crippen LogP contribution in [0.4, 0.5) is 5.69 Å². The molecule has 0 aliphatic rings. The molecule has 1 heterocycles. The molecular weight excluding hydrogens is 286 g/mol. The second-order valence-corrected chi connectivity index (χ2v) is 5.65. The van der Waals surface area contributed by atoms with Crippen molar-refractivity contribution >= 4 is 5.69 Å². The van der Waals surface area contributed by atoms with Crippen LogP contribution in [-0.4, -0.2) is 16.3 Å². The van der Waals surface area contributed by atoms with Gasteiger partial charge in [-0.1, -0.05) is 19.1 Å². The summed E-state index contributed by atoms with van der Waals surface area (Å²) in [4.78, 5) is 0. The predicted octanol–water partition coefficient (Wildman–Crippen LogP) is 4.50. The highest BCUT2D eigenvalue weighted by molar-refractivity contribution is 5.70. The molecule has 4 heteroatoms. The number of nitrogens with one attached hydrogen (secondary N) is 1.